The number of rotatable bonds is 6. The Morgan fingerprint density at radius 2 is 2.06 bits per heavy atom. The lowest BCUT2D eigenvalue weighted by Crippen LogP contribution is -2.55. The molecule has 0 radical (unpaired) electrons. The summed E-state index contributed by atoms with van der Waals surface area (Å²) in [5.41, 5.74) is 2.19. The second kappa shape index (κ2) is 8.95. The maximum absolute atomic E-state index is 11.7. The average Bonchev–Trinajstić information content (AvgIpc) is 2.77. The molecule has 1 saturated heterocycles. The van der Waals surface area contributed by atoms with Crippen molar-refractivity contribution in [3.63, 3.8) is 0 Å². The van der Waals surface area contributed by atoms with Gasteiger partial charge in [0.1, 0.15) is 12.2 Å². The number of fused-ring (bicyclic) bond motifs is 1. The van der Waals surface area contributed by atoms with Crippen LogP contribution in [0.4, 0.5) is 11.4 Å². The molecule has 32 heavy (non-hydrogen) atoms. The summed E-state index contributed by atoms with van der Waals surface area (Å²) in [7, 11) is 1.54. The van der Waals surface area contributed by atoms with E-state index in [1.165, 1.54) is 12.3 Å². The van der Waals surface area contributed by atoms with Gasteiger partial charge in [0.15, 0.2) is 11.5 Å². The molecule has 2 heterocycles. The largest absolute Gasteiger partial charge is 0.493 e. The van der Waals surface area contributed by atoms with E-state index in [-0.39, 0.29) is 12.0 Å². The monoisotopic (exact) mass is 468 g/mol. The molecule has 1 aromatic heterocycles. The maximum atomic E-state index is 11.7. The Labute approximate surface area is 194 Å². The molecule has 1 N–H and O–H groups in total. The first-order chi connectivity index (χ1) is 15.4. The molecular formula is C23H18Cl2N4O3. The zero-order valence-electron chi connectivity index (χ0n) is 17.1. The van der Waals surface area contributed by atoms with Crippen molar-refractivity contribution in [1.82, 2.24) is 9.88 Å². The third kappa shape index (κ3) is 4.15. The summed E-state index contributed by atoms with van der Waals surface area (Å²) in [6.07, 6.45) is 2.60. The standard InChI is InChI=1S/C23H18Cl2N4O3/c1-3-22(30)29-11-15(12-29)32-21-7-16-19(8-20(21)31-2)27-10-13(9-26)23(16)28-14-4-5-17(24)18(25)6-14/h3-8,10,15H,1,11-12H2,2H3,(H,27,28). The number of carbonyl (C=O) groups excluding carboxylic acids is 1. The van der Waals surface area contributed by atoms with Gasteiger partial charge >= 0.3 is 0 Å². The van der Waals surface area contributed by atoms with Crippen molar-refractivity contribution in [2.45, 2.75) is 6.10 Å². The van der Waals surface area contributed by atoms with Crippen LogP contribution in [0.5, 0.6) is 11.5 Å². The summed E-state index contributed by atoms with van der Waals surface area (Å²) in [6.45, 7) is 4.41. The number of anilines is 2. The predicted octanol–water partition coefficient (Wildman–Crippen LogP) is 4.94. The summed E-state index contributed by atoms with van der Waals surface area (Å²) >= 11 is 12.2. The number of carbonyl (C=O) groups is 1. The minimum absolute atomic E-state index is 0.133. The lowest BCUT2D eigenvalue weighted by Gasteiger charge is -2.38. The van der Waals surface area contributed by atoms with Crippen LogP contribution in [-0.4, -0.2) is 42.1 Å². The number of likely N-dealkylation sites (tertiary alicyclic amines) is 1. The molecule has 0 bridgehead atoms. The quantitative estimate of drug-likeness (QED) is 0.515. The number of pyridine rings is 1. The van der Waals surface area contributed by atoms with Gasteiger partial charge in [0.05, 0.1) is 47.0 Å². The Kier molecular flexibility index (Phi) is 6.08. The zero-order valence-corrected chi connectivity index (χ0v) is 18.6. The minimum atomic E-state index is -0.177. The second-order valence-corrected chi connectivity index (χ2v) is 7.93. The average molecular weight is 469 g/mol. The molecule has 0 unspecified atom stereocenters. The Hall–Kier alpha value is -3.47. The SMILES string of the molecule is C=CC(=O)N1CC(Oc2cc3c(Nc4ccc(Cl)c(Cl)c4)c(C#N)cnc3cc2OC)C1. The molecule has 4 rings (SSSR count). The first-order valence-electron chi connectivity index (χ1n) is 9.64. The lowest BCUT2D eigenvalue weighted by molar-refractivity contribution is -0.134. The normalized spacial score (nSPS) is 13.2. The van der Waals surface area contributed by atoms with Gasteiger partial charge < -0.3 is 19.7 Å². The van der Waals surface area contributed by atoms with E-state index in [0.717, 1.165) is 0 Å². The fourth-order valence-corrected chi connectivity index (χ4v) is 3.69. The fourth-order valence-electron chi connectivity index (χ4n) is 3.39. The first-order valence-corrected chi connectivity index (χ1v) is 10.4. The van der Waals surface area contributed by atoms with Gasteiger partial charge in [-0.25, -0.2) is 0 Å². The van der Waals surface area contributed by atoms with Crippen LogP contribution in [0, 0.1) is 11.3 Å². The number of nitriles is 1. The van der Waals surface area contributed by atoms with Crippen LogP contribution in [0.2, 0.25) is 10.0 Å². The summed E-state index contributed by atoms with van der Waals surface area (Å²) in [6, 6.07) is 10.8. The Morgan fingerprint density at radius 1 is 1.28 bits per heavy atom. The third-order valence-corrected chi connectivity index (χ3v) is 5.83. The molecule has 2 aromatic carbocycles. The highest BCUT2D eigenvalue weighted by Gasteiger charge is 2.31. The summed E-state index contributed by atoms with van der Waals surface area (Å²) in [4.78, 5) is 17.7. The van der Waals surface area contributed by atoms with Crippen LogP contribution in [0.15, 0.2) is 49.2 Å². The van der Waals surface area contributed by atoms with Crippen molar-refractivity contribution in [3.05, 3.63) is 64.8 Å². The number of nitrogens with zero attached hydrogens (tertiary/aromatic N) is 3. The molecule has 162 valence electrons. The van der Waals surface area contributed by atoms with Gasteiger partial charge in [-0.05, 0) is 30.3 Å². The third-order valence-electron chi connectivity index (χ3n) is 5.09. The maximum Gasteiger partial charge on any atom is 0.246 e. The van der Waals surface area contributed by atoms with Crippen LogP contribution in [0.1, 0.15) is 5.56 Å². The molecule has 7 nitrogen and oxygen atoms in total. The summed E-state index contributed by atoms with van der Waals surface area (Å²) < 4.78 is 11.6. The van der Waals surface area contributed by atoms with Gasteiger partial charge in [-0.3, -0.25) is 9.78 Å². The van der Waals surface area contributed by atoms with Crippen LogP contribution in [0.3, 0.4) is 0 Å². The van der Waals surface area contributed by atoms with Crippen molar-refractivity contribution in [2.75, 3.05) is 25.5 Å². The predicted molar refractivity (Wildman–Crippen MR) is 124 cm³/mol. The summed E-state index contributed by atoms with van der Waals surface area (Å²) in [5.74, 6) is 0.861. The molecule has 0 aliphatic carbocycles. The number of nitrogens with one attached hydrogen (secondary N) is 1. The Bertz CT molecular complexity index is 1270. The number of ether oxygens (including phenoxy) is 2. The number of amides is 1. The Morgan fingerprint density at radius 3 is 2.72 bits per heavy atom. The molecule has 1 aliphatic heterocycles. The van der Waals surface area contributed by atoms with E-state index in [0.29, 0.717) is 62.5 Å². The van der Waals surface area contributed by atoms with Gasteiger partial charge in [0.2, 0.25) is 5.91 Å². The number of aromatic nitrogens is 1. The van der Waals surface area contributed by atoms with E-state index in [1.54, 1.807) is 42.3 Å². The van der Waals surface area contributed by atoms with Gasteiger partial charge in [0.25, 0.3) is 0 Å². The minimum Gasteiger partial charge on any atom is -0.493 e. The second-order valence-electron chi connectivity index (χ2n) is 7.12. The number of halogens is 2. The van der Waals surface area contributed by atoms with Crippen LogP contribution in [0.25, 0.3) is 10.9 Å². The van der Waals surface area contributed by atoms with Gasteiger partial charge in [-0.15, -0.1) is 0 Å². The van der Waals surface area contributed by atoms with Gasteiger partial charge in [-0.2, -0.15) is 5.26 Å². The summed E-state index contributed by atoms with van der Waals surface area (Å²) in [5, 5.41) is 14.4. The van der Waals surface area contributed by atoms with E-state index < -0.39 is 0 Å². The van der Waals surface area contributed by atoms with E-state index in [1.807, 2.05) is 0 Å². The molecule has 0 saturated carbocycles. The molecule has 1 fully saturated rings. The van der Waals surface area contributed by atoms with Crippen molar-refractivity contribution in [1.29, 1.82) is 5.26 Å². The van der Waals surface area contributed by atoms with E-state index in [9.17, 15) is 10.1 Å². The van der Waals surface area contributed by atoms with Gasteiger partial charge in [-0.1, -0.05) is 29.8 Å². The van der Waals surface area contributed by atoms with Crippen molar-refractivity contribution < 1.29 is 14.3 Å². The molecule has 1 amide bonds. The van der Waals surface area contributed by atoms with E-state index >= 15 is 0 Å². The van der Waals surface area contributed by atoms with E-state index in [4.69, 9.17) is 32.7 Å². The number of hydrogen-bond donors (Lipinski definition) is 1. The number of benzene rings is 2. The smallest absolute Gasteiger partial charge is 0.246 e. The highest BCUT2D eigenvalue weighted by atomic mass is 35.5. The van der Waals surface area contributed by atoms with E-state index in [2.05, 4.69) is 22.9 Å². The highest BCUT2D eigenvalue weighted by molar-refractivity contribution is 6.42. The molecule has 0 spiro atoms. The molecule has 1 aliphatic rings. The zero-order chi connectivity index (χ0) is 22.8. The highest BCUT2D eigenvalue weighted by Crippen LogP contribution is 2.38. The molecule has 0 atom stereocenters. The van der Waals surface area contributed by atoms with Crippen LogP contribution in [-0.2, 0) is 4.79 Å². The topological polar surface area (TPSA) is 87.5 Å². The van der Waals surface area contributed by atoms with Crippen LogP contribution >= 0.6 is 23.2 Å². The number of methoxy groups -OCH3 is 1. The van der Waals surface area contributed by atoms with Crippen molar-refractivity contribution >= 4 is 51.4 Å². The number of hydrogen-bond acceptors (Lipinski definition) is 6. The molecule has 9 heteroatoms. The first kappa shape index (κ1) is 21.8. The lowest BCUT2D eigenvalue weighted by atomic mass is 10.1. The fraction of sp³-hybridized carbons (Fsp3) is 0.174. The van der Waals surface area contributed by atoms with Crippen molar-refractivity contribution in [3.8, 4) is 17.6 Å². The Balaban J connectivity index is 1.72. The molecular weight excluding hydrogens is 451 g/mol. The van der Waals surface area contributed by atoms with Gasteiger partial charge in [0, 0.05) is 23.3 Å². The molecule has 3 aromatic rings. The van der Waals surface area contributed by atoms with Crippen molar-refractivity contribution in [2.24, 2.45) is 0 Å². The van der Waals surface area contributed by atoms with Crippen LogP contribution < -0.4 is 14.8 Å².